The van der Waals surface area contributed by atoms with Gasteiger partial charge in [0.1, 0.15) is 10.9 Å². The van der Waals surface area contributed by atoms with Crippen molar-refractivity contribution in [3.8, 4) is 0 Å². The third-order valence-corrected chi connectivity index (χ3v) is 8.66. The smallest absolute Gasteiger partial charge is 0.341 e. The van der Waals surface area contributed by atoms with Crippen LogP contribution in [-0.2, 0) is 32.0 Å². The summed E-state index contributed by atoms with van der Waals surface area (Å²) in [5, 5.41) is 2.08. The van der Waals surface area contributed by atoms with Crippen LogP contribution in [0.5, 0.6) is 0 Å². The van der Waals surface area contributed by atoms with E-state index < -0.39 is 29.9 Å². The number of amides is 2. The Morgan fingerprint density at radius 1 is 1.03 bits per heavy atom. The summed E-state index contributed by atoms with van der Waals surface area (Å²) in [5.41, 5.74) is 4.05. The van der Waals surface area contributed by atoms with Gasteiger partial charge in [-0.1, -0.05) is 48.0 Å². The molecule has 2 saturated heterocycles. The van der Waals surface area contributed by atoms with Crippen LogP contribution in [0.1, 0.15) is 57.7 Å². The number of ether oxygens (including phenoxy) is 1. The molecule has 3 atom stereocenters. The molecule has 0 bridgehead atoms. The molecular weight excluding hydrogens is 488 g/mol. The lowest BCUT2D eigenvalue weighted by molar-refractivity contribution is -0.126. The monoisotopic (exact) mass is 516 g/mol. The number of fused-ring (bicyclic) bond motifs is 2. The zero-order valence-electron chi connectivity index (χ0n) is 20.8. The first-order chi connectivity index (χ1) is 18.0. The highest BCUT2D eigenvalue weighted by Gasteiger charge is 2.61. The Labute approximate surface area is 219 Å². The van der Waals surface area contributed by atoms with Crippen molar-refractivity contribution >= 4 is 39.8 Å². The van der Waals surface area contributed by atoms with E-state index in [0.29, 0.717) is 10.6 Å². The van der Waals surface area contributed by atoms with Crippen LogP contribution in [0, 0.1) is 12.8 Å². The maximum Gasteiger partial charge on any atom is 0.341 e. The number of hydrogen-bond acceptors (Lipinski definition) is 7. The molecule has 37 heavy (non-hydrogen) atoms. The van der Waals surface area contributed by atoms with E-state index in [4.69, 9.17) is 9.57 Å². The first kappa shape index (κ1) is 23.9. The number of aryl methyl sites for hydroxylation is 2. The van der Waals surface area contributed by atoms with Crippen molar-refractivity contribution < 1.29 is 24.0 Å². The molecule has 3 aliphatic rings. The Hall–Kier alpha value is -3.49. The average Bonchev–Trinajstić information content (AvgIpc) is 3.55. The van der Waals surface area contributed by atoms with Crippen LogP contribution in [0.4, 0.5) is 10.7 Å². The molecule has 190 valence electrons. The van der Waals surface area contributed by atoms with Gasteiger partial charge in [-0.15, -0.1) is 11.3 Å². The van der Waals surface area contributed by atoms with E-state index in [-0.39, 0.29) is 12.5 Å². The Kier molecular flexibility index (Phi) is 6.09. The summed E-state index contributed by atoms with van der Waals surface area (Å²) in [6, 6.07) is 17.0. The van der Waals surface area contributed by atoms with Gasteiger partial charge in [0.05, 0.1) is 23.9 Å². The lowest BCUT2D eigenvalue weighted by Gasteiger charge is -2.28. The third kappa shape index (κ3) is 3.86. The van der Waals surface area contributed by atoms with E-state index in [2.05, 4.69) is 0 Å². The van der Waals surface area contributed by atoms with Crippen LogP contribution < -0.4 is 9.96 Å². The fraction of sp³-hybridized carbons (Fsp3) is 0.345. The lowest BCUT2D eigenvalue weighted by Crippen LogP contribution is -2.37. The van der Waals surface area contributed by atoms with Gasteiger partial charge in [-0.25, -0.2) is 14.8 Å². The predicted molar refractivity (Wildman–Crippen MR) is 141 cm³/mol. The molecule has 3 heterocycles. The Morgan fingerprint density at radius 2 is 1.76 bits per heavy atom. The van der Waals surface area contributed by atoms with Crippen molar-refractivity contribution in [2.75, 3.05) is 16.6 Å². The molecule has 1 aliphatic carbocycles. The number of benzene rings is 2. The lowest BCUT2D eigenvalue weighted by atomic mass is 9.90. The number of imide groups is 1. The van der Waals surface area contributed by atoms with E-state index in [9.17, 15) is 14.4 Å². The molecule has 7 nitrogen and oxygen atoms in total. The van der Waals surface area contributed by atoms with Crippen LogP contribution >= 0.6 is 11.3 Å². The minimum atomic E-state index is -0.979. The van der Waals surface area contributed by atoms with Gasteiger partial charge in [0.2, 0.25) is 5.91 Å². The minimum Gasteiger partial charge on any atom is -0.462 e. The summed E-state index contributed by atoms with van der Waals surface area (Å²) in [6.07, 6.45) is 2.58. The zero-order chi connectivity index (χ0) is 25.7. The van der Waals surface area contributed by atoms with Crippen LogP contribution in [0.15, 0.2) is 54.6 Å². The molecule has 1 aromatic heterocycles. The number of thiophene rings is 1. The summed E-state index contributed by atoms with van der Waals surface area (Å²) < 4.78 is 5.37. The molecule has 2 aliphatic heterocycles. The Morgan fingerprint density at radius 3 is 2.49 bits per heavy atom. The Bertz CT molecular complexity index is 1370. The molecule has 2 amide bonds. The van der Waals surface area contributed by atoms with Gasteiger partial charge in [-0.3, -0.25) is 14.4 Å². The molecule has 2 aromatic carbocycles. The van der Waals surface area contributed by atoms with E-state index in [1.165, 1.54) is 16.2 Å². The number of esters is 1. The largest absolute Gasteiger partial charge is 0.462 e. The van der Waals surface area contributed by atoms with Crippen LogP contribution in [-0.4, -0.2) is 30.5 Å². The summed E-state index contributed by atoms with van der Waals surface area (Å²) in [7, 11) is 0. The first-order valence-electron chi connectivity index (χ1n) is 12.8. The van der Waals surface area contributed by atoms with E-state index >= 15 is 0 Å². The van der Waals surface area contributed by atoms with Gasteiger partial charge in [-0.05, 0) is 62.8 Å². The van der Waals surface area contributed by atoms with Gasteiger partial charge in [0.25, 0.3) is 5.91 Å². The van der Waals surface area contributed by atoms with E-state index in [0.717, 1.165) is 52.9 Å². The van der Waals surface area contributed by atoms with Gasteiger partial charge >= 0.3 is 5.97 Å². The summed E-state index contributed by atoms with van der Waals surface area (Å²) in [6.45, 7) is 3.99. The van der Waals surface area contributed by atoms with Gasteiger partial charge in [-0.2, -0.15) is 0 Å². The standard InChI is InChI=1S/C29H28N2O5S/c1-3-35-29(34)22-20-11-7-8-12-21(20)37-28(22)30-26(32)23-24(18-15-13-17(2)14-16-18)31(36-25(23)27(30)33)19-9-5-4-6-10-19/h4-6,9-10,13-16,23-25H,3,7-8,11-12H2,1-2H3/t23-,24+,25-/m1/s1. The van der Waals surface area contributed by atoms with Crippen LogP contribution in [0.2, 0.25) is 0 Å². The van der Waals surface area contributed by atoms with Gasteiger partial charge in [0, 0.05) is 4.88 Å². The molecule has 6 rings (SSSR count). The molecule has 0 radical (unpaired) electrons. The first-order valence-corrected chi connectivity index (χ1v) is 13.6. The molecule has 3 aromatic rings. The minimum absolute atomic E-state index is 0.223. The van der Waals surface area contributed by atoms with Crippen molar-refractivity contribution in [2.24, 2.45) is 5.92 Å². The summed E-state index contributed by atoms with van der Waals surface area (Å²) >= 11 is 1.37. The summed E-state index contributed by atoms with van der Waals surface area (Å²) in [5.74, 6) is -2.00. The number of para-hydroxylation sites is 1. The van der Waals surface area contributed by atoms with Crippen molar-refractivity contribution in [3.63, 3.8) is 0 Å². The second kappa shape index (κ2) is 9.43. The fourth-order valence-corrected chi connectivity index (χ4v) is 7.03. The number of carbonyl (C=O) groups excluding carboxylic acids is 3. The highest BCUT2D eigenvalue weighted by Crippen LogP contribution is 2.50. The van der Waals surface area contributed by atoms with Crippen LogP contribution in [0.25, 0.3) is 0 Å². The molecular formula is C29H28N2O5S. The maximum absolute atomic E-state index is 14.1. The maximum atomic E-state index is 14.1. The molecule has 0 N–H and O–H groups in total. The normalized spacial score (nSPS) is 22.8. The van der Waals surface area contributed by atoms with E-state index in [1.54, 1.807) is 12.0 Å². The highest BCUT2D eigenvalue weighted by molar-refractivity contribution is 7.17. The predicted octanol–water partition coefficient (Wildman–Crippen LogP) is 5.16. The van der Waals surface area contributed by atoms with Crippen molar-refractivity contribution in [2.45, 2.75) is 51.7 Å². The second-order valence-electron chi connectivity index (χ2n) is 9.69. The molecule has 0 unspecified atom stereocenters. The molecule has 2 fully saturated rings. The number of hydroxylamine groups is 1. The topological polar surface area (TPSA) is 76.2 Å². The van der Waals surface area contributed by atoms with Crippen molar-refractivity contribution in [1.29, 1.82) is 0 Å². The third-order valence-electron chi connectivity index (χ3n) is 7.38. The number of nitrogens with zero attached hydrogens (tertiary/aromatic N) is 2. The Balaban J connectivity index is 1.44. The van der Waals surface area contributed by atoms with E-state index in [1.807, 2.05) is 61.5 Å². The van der Waals surface area contributed by atoms with Crippen LogP contribution in [0.3, 0.4) is 0 Å². The van der Waals surface area contributed by atoms with Gasteiger partial charge in [0.15, 0.2) is 6.10 Å². The van der Waals surface area contributed by atoms with Crippen molar-refractivity contribution in [1.82, 2.24) is 0 Å². The van der Waals surface area contributed by atoms with Gasteiger partial charge < -0.3 is 4.74 Å². The fourth-order valence-electron chi connectivity index (χ4n) is 5.64. The second-order valence-corrected chi connectivity index (χ2v) is 10.8. The number of anilines is 2. The average molecular weight is 517 g/mol. The molecule has 0 spiro atoms. The number of rotatable bonds is 5. The number of hydrogen-bond donors (Lipinski definition) is 0. The number of carbonyl (C=O) groups is 3. The SMILES string of the molecule is CCOC(=O)c1c(N2C(=O)[C@H]3[C@@H](ON(c4ccccc4)[C@H]3c3ccc(C)cc3)C2=O)sc2c1CCCC2. The van der Waals surface area contributed by atoms with Crippen molar-refractivity contribution in [3.05, 3.63) is 81.7 Å². The molecule has 8 heteroatoms. The quantitative estimate of drug-likeness (QED) is 0.344. The highest BCUT2D eigenvalue weighted by atomic mass is 32.1. The zero-order valence-corrected chi connectivity index (χ0v) is 21.6. The summed E-state index contributed by atoms with van der Waals surface area (Å²) in [4.78, 5) is 49.6. The molecule has 0 saturated carbocycles.